The van der Waals surface area contributed by atoms with Crippen LogP contribution in [0.1, 0.15) is 33.1 Å². The lowest BCUT2D eigenvalue weighted by molar-refractivity contribution is 0.301. The number of nitrogens with two attached hydrogens (primary N) is 1. The number of nitrogen functional groups attached to an aromatic ring is 1. The largest absolute Gasteiger partial charge is 0.491 e. The van der Waals surface area contributed by atoms with E-state index in [-0.39, 0.29) is 6.61 Å². The van der Waals surface area contributed by atoms with Crippen molar-refractivity contribution in [3.8, 4) is 5.75 Å². The fourth-order valence-electron chi connectivity index (χ4n) is 1.90. The monoisotopic (exact) mass is 266 g/mol. The van der Waals surface area contributed by atoms with Crippen molar-refractivity contribution in [2.45, 2.75) is 33.1 Å². The van der Waals surface area contributed by atoms with Crippen molar-refractivity contribution in [3.63, 3.8) is 0 Å². The first-order valence-electron chi connectivity index (χ1n) is 7.11. The SMILES string of the molecule is CCCCN(CCO)c1ccc(N)c(OCCC)c1. The summed E-state index contributed by atoms with van der Waals surface area (Å²) in [6.07, 6.45) is 3.20. The highest BCUT2D eigenvalue weighted by molar-refractivity contribution is 5.62. The predicted molar refractivity (Wildman–Crippen MR) is 80.8 cm³/mol. The molecule has 0 bridgehead atoms. The van der Waals surface area contributed by atoms with Crippen molar-refractivity contribution < 1.29 is 9.84 Å². The minimum atomic E-state index is 0.152. The minimum absolute atomic E-state index is 0.152. The molecule has 0 unspecified atom stereocenters. The van der Waals surface area contributed by atoms with Crippen LogP contribution in [0.25, 0.3) is 0 Å². The van der Waals surface area contributed by atoms with Crippen LogP contribution in [0, 0.1) is 0 Å². The first kappa shape index (κ1) is 15.6. The van der Waals surface area contributed by atoms with Gasteiger partial charge in [-0.05, 0) is 25.0 Å². The van der Waals surface area contributed by atoms with Gasteiger partial charge in [-0.15, -0.1) is 0 Å². The molecule has 1 aromatic rings. The lowest BCUT2D eigenvalue weighted by Crippen LogP contribution is -2.27. The van der Waals surface area contributed by atoms with Crippen molar-refractivity contribution in [2.24, 2.45) is 0 Å². The number of aliphatic hydroxyl groups is 1. The first-order valence-corrected chi connectivity index (χ1v) is 7.11. The van der Waals surface area contributed by atoms with Crippen LogP contribution in [-0.2, 0) is 0 Å². The van der Waals surface area contributed by atoms with Gasteiger partial charge in [0.05, 0.1) is 18.9 Å². The van der Waals surface area contributed by atoms with Crippen molar-refractivity contribution in [1.82, 2.24) is 0 Å². The van der Waals surface area contributed by atoms with Crippen LogP contribution >= 0.6 is 0 Å². The molecular weight excluding hydrogens is 240 g/mol. The van der Waals surface area contributed by atoms with Gasteiger partial charge >= 0.3 is 0 Å². The summed E-state index contributed by atoms with van der Waals surface area (Å²) in [5, 5.41) is 9.17. The third kappa shape index (κ3) is 4.99. The zero-order valence-electron chi connectivity index (χ0n) is 12.1. The third-order valence-corrected chi connectivity index (χ3v) is 2.98. The van der Waals surface area contributed by atoms with E-state index < -0.39 is 0 Å². The molecule has 0 saturated carbocycles. The summed E-state index contributed by atoms with van der Waals surface area (Å²) in [5.74, 6) is 0.735. The number of rotatable bonds is 9. The van der Waals surface area contributed by atoms with Gasteiger partial charge in [0, 0.05) is 24.8 Å². The fraction of sp³-hybridized carbons (Fsp3) is 0.600. The van der Waals surface area contributed by atoms with Gasteiger partial charge in [-0.2, -0.15) is 0 Å². The molecule has 0 aromatic heterocycles. The Bertz CT molecular complexity index is 369. The number of benzene rings is 1. The predicted octanol–water partition coefficient (Wildman–Crippen LogP) is 2.66. The Labute approximate surface area is 116 Å². The molecule has 0 spiro atoms. The third-order valence-electron chi connectivity index (χ3n) is 2.98. The van der Waals surface area contributed by atoms with Gasteiger partial charge in [-0.1, -0.05) is 20.3 Å². The summed E-state index contributed by atoms with van der Waals surface area (Å²) in [6, 6.07) is 5.83. The molecule has 4 heteroatoms. The normalized spacial score (nSPS) is 10.5. The van der Waals surface area contributed by atoms with Gasteiger partial charge in [0.1, 0.15) is 5.75 Å². The summed E-state index contributed by atoms with van der Waals surface area (Å²) in [4.78, 5) is 2.17. The minimum Gasteiger partial charge on any atom is -0.491 e. The van der Waals surface area contributed by atoms with E-state index in [0.29, 0.717) is 18.8 Å². The molecule has 0 aliphatic rings. The molecule has 0 aliphatic carbocycles. The van der Waals surface area contributed by atoms with Gasteiger partial charge in [-0.25, -0.2) is 0 Å². The number of anilines is 2. The highest BCUT2D eigenvalue weighted by Crippen LogP contribution is 2.28. The molecular formula is C15H26N2O2. The summed E-state index contributed by atoms with van der Waals surface area (Å²) >= 11 is 0. The van der Waals surface area contributed by atoms with Crippen LogP contribution in [0.15, 0.2) is 18.2 Å². The molecule has 3 N–H and O–H groups in total. The fourth-order valence-corrected chi connectivity index (χ4v) is 1.90. The molecule has 0 aliphatic heterocycles. The van der Waals surface area contributed by atoms with Gasteiger partial charge in [0.25, 0.3) is 0 Å². The number of ether oxygens (including phenoxy) is 1. The molecule has 0 heterocycles. The van der Waals surface area contributed by atoms with Crippen LogP contribution < -0.4 is 15.4 Å². The Hall–Kier alpha value is -1.42. The van der Waals surface area contributed by atoms with Gasteiger partial charge in [0.2, 0.25) is 0 Å². The average Bonchev–Trinajstić information content (AvgIpc) is 2.43. The number of aliphatic hydroxyl groups excluding tert-OH is 1. The number of hydrogen-bond acceptors (Lipinski definition) is 4. The molecule has 0 fully saturated rings. The highest BCUT2D eigenvalue weighted by Gasteiger charge is 2.09. The van der Waals surface area contributed by atoms with Gasteiger partial charge in [0.15, 0.2) is 0 Å². The van der Waals surface area contributed by atoms with E-state index in [1.54, 1.807) is 0 Å². The zero-order chi connectivity index (χ0) is 14.1. The van der Waals surface area contributed by atoms with Gasteiger partial charge < -0.3 is 20.5 Å². The lowest BCUT2D eigenvalue weighted by Gasteiger charge is -2.24. The Morgan fingerprint density at radius 1 is 1.21 bits per heavy atom. The lowest BCUT2D eigenvalue weighted by atomic mass is 10.2. The van der Waals surface area contributed by atoms with E-state index in [2.05, 4.69) is 18.7 Å². The second kappa shape index (κ2) is 8.64. The summed E-state index contributed by atoms with van der Waals surface area (Å²) in [6.45, 7) is 6.63. The van der Waals surface area contributed by atoms with Crippen LogP contribution in [-0.4, -0.2) is 31.4 Å². The van der Waals surface area contributed by atoms with Crippen molar-refractivity contribution >= 4 is 11.4 Å². The Balaban J connectivity index is 2.83. The average molecular weight is 266 g/mol. The number of unbranched alkanes of at least 4 members (excludes halogenated alkanes) is 1. The molecule has 0 amide bonds. The quantitative estimate of drug-likeness (QED) is 0.675. The molecule has 108 valence electrons. The van der Waals surface area contributed by atoms with Crippen molar-refractivity contribution in [1.29, 1.82) is 0 Å². The van der Waals surface area contributed by atoms with Gasteiger partial charge in [-0.3, -0.25) is 0 Å². The van der Waals surface area contributed by atoms with E-state index in [1.165, 1.54) is 0 Å². The summed E-state index contributed by atoms with van der Waals surface area (Å²) in [5.41, 5.74) is 7.63. The molecule has 0 radical (unpaired) electrons. The van der Waals surface area contributed by atoms with Crippen LogP contribution in [0.2, 0.25) is 0 Å². The van der Waals surface area contributed by atoms with Crippen molar-refractivity contribution in [2.75, 3.05) is 36.9 Å². The van der Waals surface area contributed by atoms with E-state index in [9.17, 15) is 0 Å². The maximum Gasteiger partial charge on any atom is 0.144 e. The van der Waals surface area contributed by atoms with Crippen LogP contribution in [0.4, 0.5) is 11.4 Å². The number of hydrogen-bond donors (Lipinski definition) is 2. The van der Waals surface area contributed by atoms with Crippen LogP contribution in [0.5, 0.6) is 5.75 Å². The second-order valence-electron chi connectivity index (χ2n) is 4.63. The molecule has 0 saturated heterocycles. The molecule has 4 nitrogen and oxygen atoms in total. The number of nitrogens with zero attached hydrogens (tertiary/aromatic N) is 1. The van der Waals surface area contributed by atoms with Crippen LogP contribution in [0.3, 0.4) is 0 Å². The molecule has 1 aromatic carbocycles. The van der Waals surface area contributed by atoms with Crippen molar-refractivity contribution in [3.05, 3.63) is 18.2 Å². The van der Waals surface area contributed by atoms with E-state index in [1.807, 2.05) is 18.2 Å². The van der Waals surface area contributed by atoms with E-state index >= 15 is 0 Å². The smallest absolute Gasteiger partial charge is 0.144 e. The molecule has 19 heavy (non-hydrogen) atoms. The topological polar surface area (TPSA) is 58.7 Å². The molecule has 1 rings (SSSR count). The first-order chi connectivity index (χ1) is 9.22. The Kier molecular flexibility index (Phi) is 7.11. The second-order valence-corrected chi connectivity index (χ2v) is 4.63. The maximum absolute atomic E-state index is 9.17. The Morgan fingerprint density at radius 3 is 2.63 bits per heavy atom. The summed E-state index contributed by atoms with van der Waals surface area (Å²) in [7, 11) is 0. The molecule has 0 atom stereocenters. The maximum atomic E-state index is 9.17. The Morgan fingerprint density at radius 2 is 2.00 bits per heavy atom. The van der Waals surface area contributed by atoms with E-state index in [4.69, 9.17) is 15.6 Å². The standard InChI is InChI=1S/C15H26N2O2/c1-3-5-8-17(9-10-18)13-6-7-14(16)15(12-13)19-11-4-2/h6-7,12,18H,3-5,8-11,16H2,1-2H3. The summed E-state index contributed by atoms with van der Waals surface area (Å²) < 4.78 is 5.65. The highest BCUT2D eigenvalue weighted by atomic mass is 16.5. The zero-order valence-corrected chi connectivity index (χ0v) is 12.1. The van der Waals surface area contributed by atoms with E-state index in [0.717, 1.165) is 37.2 Å².